The second-order valence-corrected chi connectivity index (χ2v) is 5.49. The first-order chi connectivity index (χ1) is 10.7. The molecular weight excluding hydrogens is 346 g/mol. The molecule has 0 fully saturated rings. The molecule has 2 aromatic rings. The van der Waals surface area contributed by atoms with Crippen molar-refractivity contribution in [2.24, 2.45) is 5.16 Å². The number of halogens is 1. The van der Waals surface area contributed by atoms with E-state index in [4.69, 9.17) is 9.57 Å². The van der Waals surface area contributed by atoms with Gasteiger partial charge in [0.25, 0.3) is 0 Å². The highest BCUT2D eigenvalue weighted by atomic mass is 79.9. The van der Waals surface area contributed by atoms with E-state index in [2.05, 4.69) is 21.1 Å². The zero-order chi connectivity index (χ0) is 15.5. The normalized spacial score (nSPS) is 15.6. The van der Waals surface area contributed by atoms with Gasteiger partial charge in [-0.3, -0.25) is 0 Å². The first-order valence-electron chi connectivity index (χ1n) is 6.59. The molecule has 0 saturated carbocycles. The van der Waals surface area contributed by atoms with Crippen molar-refractivity contribution in [1.82, 2.24) is 0 Å². The molecule has 1 aliphatic rings. The zero-order valence-electron chi connectivity index (χ0n) is 11.7. The highest BCUT2D eigenvalue weighted by Gasteiger charge is 2.26. The van der Waals surface area contributed by atoms with Crippen LogP contribution in [0.15, 0.2) is 63.7 Å². The van der Waals surface area contributed by atoms with Crippen molar-refractivity contribution >= 4 is 33.7 Å². The average molecular weight is 358 g/mol. The quantitative estimate of drug-likeness (QED) is 0.619. The molecule has 110 valence electrons. The minimum Gasteiger partial charge on any atom is -0.496 e. The van der Waals surface area contributed by atoms with Crippen molar-refractivity contribution in [2.75, 3.05) is 7.11 Å². The van der Waals surface area contributed by atoms with Crippen molar-refractivity contribution < 1.29 is 14.4 Å². The fourth-order valence-corrected chi connectivity index (χ4v) is 2.71. The summed E-state index contributed by atoms with van der Waals surface area (Å²) in [5.41, 5.74) is 2.66. The molecule has 0 aliphatic carbocycles. The van der Waals surface area contributed by atoms with Crippen molar-refractivity contribution in [2.45, 2.75) is 0 Å². The third-order valence-electron chi connectivity index (χ3n) is 3.23. The van der Waals surface area contributed by atoms with Gasteiger partial charge in [-0.2, -0.15) is 0 Å². The monoisotopic (exact) mass is 357 g/mol. The second kappa shape index (κ2) is 6.15. The molecule has 0 aromatic heterocycles. The Bertz CT molecular complexity index is 782. The van der Waals surface area contributed by atoms with Crippen LogP contribution >= 0.6 is 15.9 Å². The van der Waals surface area contributed by atoms with Crippen LogP contribution in [0.25, 0.3) is 6.08 Å². The van der Waals surface area contributed by atoms with Gasteiger partial charge in [0.2, 0.25) is 0 Å². The lowest BCUT2D eigenvalue weighted by Crippen LogP contribution is -2.06. The number of methoxy groups -OCH3 is 1. The van der Waals surface area contributed by atoms with Gasteiger partial charge in [0, 0.05) is 5.56 Å². The molecule has 0 spiro atoms. The Morgan fingerprint density at radius 1 is 1.18 bits per heavy atom. The van der Waals surface area contributed by atoms with Crippen molar-refractivity contribution in [1.29, 1.82) is 0 Å². The van der Waals surface area contributed by atoms with Crippen LogP contribution in [0.5, 0.6) is 5.75 Å². The van der Waals surface area contributed by atoms with E-state index in [1.807, 2.05) is 48.5 Å². The van der Waals surface area contributed by atoms with Crippen LogP contribution in [0.4, 0.5) is 0 Å². The van der Waals surface area contributed by atoms with Crippen molar-refractivity contribution in [3.63, 3.8) is 0 Å². The standard InChI is InChI=1S/C17H12BrNO3/c1-21-15-8-7-11(10-14(15)18)9-13-16(19-22-17(13)20)12-5-3-2-4-6-12/h2-10H,1H3/b13-9+. The molecule has 0 unspecified atom stereocenters. The maximum atomic E-state index is 11.9. The predicted molar refractivity (Wildman–Crippen MR) is 87.7 cm³/mol. The molecule has 0 amide bonds. The molecule has 0 bridgehead atoms. The highest BCUT2D eigenvalue weighted by Crippen LogP contribution is 2.28. The van der Waals surface area contributed by atoms with Crippen LogP contribution in [0.1, 0.15) is 11.1 Å². The van der Waals surface area contributed by atoms with E-state index in [1.165, 1.54) is 0 Å². The number of oxime groups is 1. The lowest BCUT2D eigenvalue weighted by Gasteiger charge is -2.04. The first-order valence-corrected chi connectivity index (χ1v) is 7.38. The summed E-state index contributed by atoms with van der Waals surface area (Å²) < 4.78 is 6.01. The molecule has 0 saturated heterocycles. The molecule has 0 radical (unpaired) electrons. The molecule has 1 aliphatic heterocycles. The van der Waals surface area contributed by atoms with E-state index in [9.17, 15) is 4.79 Å². The summed E-state index contributed by atoms with van der Waals surface area (Å²) in [5, 5.41) is 3.88. The number of carbonyl (C=O) groups is 1. The van der Waals surface area contributed by atoms with Gasteiger partial charge in [0.15, 0.2) is 0 Å². The third kappa shape index (κ3) is 2.80. The Kier molecular flexibility index (Phi) is 4.06. The van der Waals surface area contributed by atoms with Crippen LogP contribution in [0.3, 0.4) is 0 Å². The molecular formula is C17H12BrNO3. The molecule has 3 rings (SSSR count). The maximum absolute atomic E-state index is 11.9. The topological polar surface area (TPSA) is 47.9 Å². The summed E-state index contributed by atoms with van der Waals surface area (Å²) in [4.78, 5) is 16.8. The Labute approximate surface area is 136 Å². The predicted octanol–water partition coefficient (Wildman–Crippen LogP) is 3.80. The molecule has 4 nitrogen and oxygen atoms in total. The van der Waals surface area contributed by atoms with Gasteiger partial charge in [0.05, 0.1) is 17.2 Å². The lowest BCUT2D eigenvalue weighted by molar-refractivity contribution is -0.136. The number of nitrogens with zero attached hydrogens (tertiary/aromatic N) is 1. The minimum absolute atomic E-state index is 0.434. The molecule has 5 heteroatoms. The van der Waals surface area contributed by atoms with Gasteiger partial charge in [-0.15, -0.1) is 0 Å². The fourth-order valence-electron chi connectivity index (χ4n) is 2.15. The van der Waals surface area contributed by atoms with E-state index in [-0.39, 0.29) is 0 Å². The SMILES string of the molecule is COc1ccc(/C=C2/C(=O)ON=C2c2ccccc2)cc1Br. The van der Waals surface area contributed by atoms with E-state index in [1.54, 1.807) is 13.2 Å². The lowest BCUT2D eigenvalue weighted by atomic mass is 10.0. The third-order valence-corrected chi connectivity index (χ3v) is 3.85. The zero-order valence-corrected chi connectivity index (χ0v) is 13.3. The van der Waals surface area contributed by atoms with E-state index >= 15 is 0 Å². The molecule has 1 heterocycles. The van der Waals surface area contributed by atoms with Gasteiger partial charge >= 0.3 is 5.97 Å². The number of rotatable bonds is 3. The van der Waals surface area contributed by atoms with Gasteiger partial charge in [-0.1, -0.05) is 41.6 Å². The minimum atomic E-state index is -0.453. The number of carbonyl (C=O) groups excluding carboxylic acids is 1. The molecule has 2 aromatic carbocycles. The fraction of sp³-hybridized carbons (Fsp3) is 0.0588. The summed E-state index contributed by atoms with van der Waals surface area (Å²) in [6.45, 7) is 0. The Morgan fingerprint density at radius 2 is 1.95 bits per heavy atom. The molecule has 0 N–H and O–H groups in total. The number of hydrogen-bond acceptors (Lipinski definition) is 4. The summed E-state index contributed by atoms with van der Waals surface area (Å²) in [6, 6.07) is 15.0. The number of benzene rings is 2. The largest absolute Gasteiger partial charge is 0.496 e. The summed E-state index contributed by atoms with van der Waals surface area (Å²) in [5.74, 6) is 0.277. The Balaban J connectivity index is 2.00. The number of hydrogen-bond donors (Lipinski definition) is 0. The van der Waals surface area contributed by atoms with Crippen molar-refractivity contribution in [3.8, 4) is 5.75 Å². The molecule has 0 atom stereocenters. The average Bonchev–Trinajstić information content (AvgIpc) is 2.89. The smallest absolute Gasteiger partial charge is 0.368 e. The van der Waals surface area contributed by atoms with Gasteiger partial charge in [-0.05, 0) is 39.7 Å². The van der Waals surface area contributed by atoms with E-state index in [0.29, 0.717) is 11.3 Å². The Morgan fingerprint density at radius 3 is 2.64 bits per heavy atom. The highest BCUT2D eigenvalue weighted by molar-refractivity contribution is 9.10. The second-order valence-electron chi connectivity index (χ2n) is 4.64. The number of ether oxygens (including phenoxy) is 1. The van der Waals surface area contributed by atoms with Crippen LogP contribution < -0.4 is 4.74 Å². The maximum Gasteiger partial charge on any atom is 0.368 e. The summed E-state index contributed by atoms with van der Waals surface area (Å²) in [6.07, 6.45) is 1.76. The van der Waals surface area contributed by atoms with Gasteiger partial charge in [-0.25, -0.2) is 4.79 Å². The van der Waals surface area contributed by atoms with E-state index in [0.717, 1.165) is 21.3 Å². The first kappa shape index (κ1) is 14.5. The summed E-state index contributed by atoms with van der Waals surface area (Å²) in [7, 11) is 1.60. The molecule has 22 heavy (non-hydrogen) atoms. The van der Waals surface area contributed by atoms with Gasteiger partial charge < -0.3 is 9.57 Å². The van der Waals surface area contributed by atoms with Crippen LogP contribution in [-0.2, 0) is 9.63 Å². The van der Waals surface area contributed by atoms with Crippen LogP contribution in [0, 0.1) is 0 Å². The van der Waals surface area contributed by atoms with Crippen molar-refractivity contribution in [3.05, 3.63) is 69.7 Å². The Hall–Kier alpha value is -2.40. The van der Waals surface area contributed by atoms with Gasteiger partial charge in [0.1, 0.15) is 11.5 Å². The summed E-state index contributed by atoms with van der Waals surface area (Å²) >= 11 is 3.43. The van der Waals surface area contributed by atoms with Crippen LogP contribution in [0.2, 0.25) is 0 Å². The van der Waals surface area contributed by atoms with E-state index < -0.39 is 5.97 Å². The van der Waals surface area contributed by atoms with Crippen LogP contribution in [-0.4, -0.2) is 18.8 Å².